The predicted octanol–water partition coefficient (Wildman–Crippen LogP) is 3.30. The molecule has 1 N–H and O–H groups in total. The van der Waals surface area contributed by atoms with Crippen LogP contribution in [0, 0.1) is 6.92 Å². The standard InChI is InChI=1S/C10H9Cl2N3O/c1-6-14-10(16-15-6)5-13-9-4-7(11)2-3-8(9)12/h2-4,13H,5H2,1H3. The topological polar surface area (TPSA) is 51.0 Å². The van der Waals surface area contributed by atoms with Crippen molar-refractivity contribution in [2.24, 2.45) is 0 Å². The summed E-state index contributed by atoms with van der Waals surface area (Å²) in [6, 6.07) is 5.20. The number of hydrogen-bond acceptors (Lipinski definition) is 4. The highest BCUT2D eigenvalue weighted by Crippen LogP contribution is 2.25. The number of aromatic nitrogens is 2. The van der Waals surface area contributed by atoms with Crippen LogP contribution in [0.5, 0.6) is 0 Å². The summed E-state index contributed by atoms with van der Waals surface area (Å²) >= 11 is 11.8. The molecule has 0 saturated heterocycles. The summed E-state index contributed by atoms with van der Waals surface area (Å²) in [5.41, 5.74) is 0.741. The molecule has 0 radical (unpaired) electrons. The van der Waals surface area contributed by atoms with Crippen LogP contribution in [0.2, 0.25) is 10.0 Å². The second kappa shape index (κ2) is 4.72. The molecule has 0 aliphatic heterocycles. The zero-order valence-electron chi connectivity index (χ0n) is 8.50. The molecule has 0 fully saturated rings. The molecule has 0 bridgehead atoms. The van der Waals surface area contributed by atoms with Gasteiger partial charge in [0.15, 0.2) is 5.82 Å². The summed E-state index contributed by atoms with van der Waals surface area (Å²) in [5.74, 6) is 1.11. The predicted molar refractivity (Wildman–Crippen MR) is 62.8 cm³/mol. The smallest absolute Gasteiger partial charge is 0.245 e. The summed E-state index contributed by atoms with van der Waals surface area (Å²) in [6.07, 6.45) is 0. The molecule has 1 aromatic heterocycles. The average molecular weight is 258 g/mol. The van der Waals surface area contributed by atoms with E-state index in [-0.39, 0.29) is 0 Å². The Balaban J connectivity index is 2.07. The highest BCUT2D eigenvalue weighted by molar-refractivity contribution is 6.35. The van der Waals surface area contributed by atoms with Gasteiger partial charge >= 0.3 is 0 Å². The monoisotopic (exact) mass is 257 g/mol. The van der Waals surface area contributed by atoms with Crippen LogP contribution in [0.25, 0.3) is 0 Å². The molecule has 84 valence electrons. The number of nitrogens with one attached hydrogen (secondary N) is 1. The molecule has 2 aromatic rings. The first-order valence-corrected chi connectivity index (χ1v) is 5.39. The third-order valence-electron chi connectivity index (χ3n) is 1.93. The Labute approximate surface area is 103 Å². The summed E-state index contributed by atoms with van der Waals surface area (Å²) in [5, 5.41) is 7.97. The van der Waals surface area contributed by atoms with Gasteiger partial charge in [0.05, 0.1) is 17.3 Å². The lowest BCUT2D eigenvalue weighted by atomic mass is 10.3. The van der Waals surface area contributed by atoms with Gasteiger partial charge in [-0.2, -0.15) is 4.98 Å². The number of aryl methyl sites for hydroxylation is 1. The van der Waals surface area contributed by atoms with Crippen molar-refractivity contribution in [3.8, 4) is 0 Å². The zero-order chi connectivity index (χ0) is 11.5. The number of rotatable bonds is 3. The lowest BCUT2D eigenvalue weighted by molar-refractivity contribution is 0.379. The van der Waals surface area contributed by atoms with E-state index in [1.807, 2.05) is 0 Å². The Morgan fingerprint density at radius 1 is 1.38 bits per heavy atom. The highest BCUT2D eigenvalue weighted by Gasteiger charge is 2.04. The molecule has 0 aliphatic carbocycles. The van der Waals surface area contributed by atoms with Crippen molar-refractivity contribution in [1.29, 1.82) is 0 Å². The molecule has 1 heterocycles. The quantitative estimate of drug-likeness (QED) is 0.917. The van der Waals surface area contributed by atoms with Crippen LogP contribution in [-0.2, 0) is 6.54 Å². The largest absolute Gasteiger partial charge is 0.375 e. The number of anilines is 1. The Bertz CT molecular complexity index is 499. The molecule has 0 unspecified atom stereocenters. The molecule has 2 rings (SSSR count). The van der Waals surface area contributed by atoms with Crippen molar-refractivity contribution in [3.63, 3.8) is 0 Å². The van der Waals surface area contributed by atoms with Crippen molar-refractivity contribution < 1.29 is 4.52 Å². The first-order chi connectivity index (χ1) is 7.65. The normalized spacial score (nSPS) is 10.4. The fraction of sp³-hybridized carbons (Fsp3) is 0.200. The van der Waals surface area contributed by atoms with E-state index in [0.717, 1.165) is 5.69 Å². The second-order valence-electron chi connectivity index (χ2n) is 3.21. The number of nitrogens with zero attached hydrogens (tertiary/aromatic N) is 2. The van der Waals surface area contributed by atoms with Gasteiger partial charge in [0.1, 0.15) is 0 Å². The van der Waals surface area contributed by atoms with Gasteiger partial charge in [0.2, 0.25) is 5.89 Å². The Morgan fingerprint density at radius 2 is 2.19 bits per heavy atom. The van der Waals surface area contributed by atoms with Gasteiger partial charge in [-0.05, 0) is 25.1 Å². The Morgan fingerprint density at radius 3 is 2.88 bits per heavy atom. The number of hydrogen-bond donors (Lipinski definition) is 1. The minimum Gasteiger partial charge on any atom is -0.375 e. The van der Waals surface area contributed by atoms with Crippen LogP contribution >= 0.6 is 23.2 Å². The maximum Gasteiger partial charge on any atom is 0.245 e. The van der Waals surface area contributed by atoms with Crippen molar-refractivity contribution >= 4 is 28.9 Å². The van der Waals surface area contributed by atoms with Crippen LogP contribution in [-0.4, -0.2) is 10.1 Å². The van der Waals surface area contributed by atoms with Gasteiger partial charge in [-0.1, -0.05) is 28.4 Å². The first kappa shape index (κ1) is 11.2. The Hall–Kier alpha value is -1.26. The molecule has 1 aromatic carbocycles. The molecular formula is C10H9Cl2N3O. The Kier molecular flexibility index (Phi) is 3.31. The summed E-state index contributed by atoms with van der Waals surface area (Å²) in [6.45, 7) is 2.18. The van der Waals surface area contributed by atoms with Crippen LogP contribution < -0.4 is 5.32 Å². The third kappa shape index (κ3) is 2.65. The highest BCUT2D eigenvalue weighted by atomic mass is 35.5. The van der Waals surface area contributed by atoms with Crippen molar-refractivity contribution in [2.45, 2.75) is 13.5 Å². The zero-order valence-corrected chi connectivity index (χ0v) is 10.0. The van der Waals surface area contributed by atoms with E-state index in [0.29, 0.717) is 28.3 Å². The van der Waals surface area contributed by atoms with Crippen LogP contribution in [0.1, 0.15) is 11.7 Å². The molecular weight excluding hydrogens is 249 g/mol. The third-order valence-corrected chi connectivity index (χ3v) is 2.49. The van der Waals surface area contributed by atoms with Gasteiger partial charge in [0, 0.05) is 5.02 Å². The molecule has 0 amide bonds. The van der Waals surface area contributed by atoms with E-state index >= 15 is 0 Å². The van der Waals surface area contributed by atoms with E-state index in [1.54, 1.807) is 25.1 Å². The van der Waals surface area contributed by atoms with Gasteiger partial charge in [-0.3, -0.25) is 0 Å². The average Bonchev–Trinajstić information content (AvgIpc) is 2.66. The summed E-state index contributed by atoms with van der Waals surface area (Å²) in [7, 11) is 0. The SMILES string of the molecule is Cc1noc(CNc2cc(Cl)ccc2Cl)n1. The molecule has 0 spiro atoms. The van der Waals surface area contributed by atoms with Gasteiger partial charge in [0.25, 0.3) is 0 Å². The fourth-order valence-electron chi connectivity index (χ4n) is 1.22. The van der Waals surface area contributed by atoms with E-state index < -0.39 is 0 Å². The van der Waals surface area contributed by atoms with Crippen LogP contribution in [0.15, 0.2) is 22.7 Å². The van der Waals surface area contributed by atoms with Crippen molar-refractivity contribution in [3.05, 3.63) is 40.0 Å². The molecule has 6 heteroatoms. The molecule has 16 heavy (non-hydrogen) atoms. The van der Waals surface area contributed by atoms with Gasteiger partial charge < -0.3 is 9.84 Å². The second-order valence-corrected chi connectivity index (χ2v) is 4.06. The summed E-state index contributed by atoms with van der Waals surface area (Å²) in [4.78, 5) is 4.06. The van der Waals surface area contributed by atoms with Crippen molar-refractivity contribution in [1.82, 2.24) is 10.1 Å². The van der Waals surface area contributed by atoms with E-state index in [2.05, 4.69) is 15.5 Å². The number of halogens is 2. The minimum atomic E-state index is 0.418. The maximum atomic E-state index is 5.98. The van der Waals surface area contributed by atoms with E-state index in [1.165, 1.54) is 0 Å². The molecule has 0 saturated carbocycles. The fourth-order valence-corrected chi connectivity index (χ4v) is 1.57. The van der Waals surface area contributed by atoms with Crippen LogP contribution in [0.3, 0.4) is 0 Å². The van der Waals surface area contributed by atoms with Gasteiger partial charge in [-0.25, -0.2) is 0 Å². The van der Waals surface area contributed by atoms with E-state index in [4.69, 9.17) is 27.7 Å². The van der Waals surface area contributed by atoms with Gasteiger partial charge in [-0.15, -0.1) is 0 Å². The lowest BCUT2D eigenvalue weighted by Gasteiger charge is -2.05. The first-order valence-electron chi connectivity index (χ1n) is 4.63. The molecule has 0 atom stereocenters. The molecule has 4 nitrogen and oxygen atoms in total. The van der Waals surface area contributed by atoms with Crippen molar-refractivity contribution in [2.75, 3.05) is 5.32 Å². The minimum absolute atomic E-state index is 0.418. The van der Waals surface area contributed by atoms with Crippen LogP contribution in [0.4, 0.5) is 5.69 Å². The van der Waals surface area contributed by atoms with E-state index in [9.17, 15) is 0 Å². The summed E-state index contributed by atoms with van der Waals surface area (Å²) < 4.78 is 4.96. The number of benzene rings is 1. The lowest BCUT2D eigenvalue weighted by Crippen LogP contribution is -2.00. The maximum absolute atomic E-state index is 5.98. The molecule has 0 aliphatic rings.